The van der Waals surface area contributed by atoms with Crippen LogP contribution in [0.4, 0.5) is 5.00 Å². The van der Waals surface area contributed by atoms with Crippen LogP contribution in [0.2, 0.25) is 0 Å². The predicted molar refractivity (Wildman–Crippen MR) is 68.2 cm³/mol. The predicted octanol–water partition coefficient (Wildman–Crippen LogP) is 3.20. The molecule has 1 N–H and O–H groups in total. The number of anilines is 1. The van der Waals surface area contributed by atoms with E-state index < -0.39 is 0 Å². The fraction of sp³-hybridized carbons (Fsp3) is 0.167. The first-order valence-electron chi connectivity index (χ1n) is 5.33. The molecule has 0 amide bonds. The van der Waals surface area contributed by atoms with Gasteiger partial charge in [-0.1, -0.05) is 17.3 Å². The van der Waals surface area contributed by atoms with E-state index >= 15 is 0 Å². The van der Waals surface area contributed by atoms with Gasteiger partial charge in [-0.15, -0.1) is 0 Å². The fourth-order valence-corrected chi connectivity index (χ4v) is 2.45. The first-order chi connectivity index (χ1) is 8.33. The maximum Gasteiger partial charge on any atom is 0.133 e. The van der Waals surface area contributed by atoms with Crippen molar-refractivity contribution in [2.45, 2.75) is 13.5 Å². The van der Waals surface area contributed by atoms with E-state index in [1.165, 1.54) is 11.5 Å². The third-order valence-electron chi connectivity index (χ3n) is 2.49. The molecular formula is C12H11N3OS. The van der Waals surface area contributed by atoms with E-state index in [0.29, 0.717) is 6.54 Å². The standard InChI is InChI=1S/C12H11N3OS/c1-8-6-9(14-16-8)7-13-12-10-4-2-3-5-11(10)15-17-12/h2-6,13H,7H2,1H3. The number of hydrogen-bond donors (Lipinski definition) is 1. The fourth-order valence-electron chi connectivity index (χ4n) is 1.69. The lowest BCUT2D eigenvalue weighted by Crippen LogP contribution is -1.97. The molecule has 2 aromatic heterocycles. The van der Waals surface area contributed by atoms with Crippen LogP contribution in [0.25, 0.3) is 10.9 Å². The summed E-state index contributed by atoms with van der Waals surface area (Å²) in [6.07, 6.45) is 0. The van der Waals surface area contributed by atoms with Crippen molar-refractivity contribution in [3.63, 3.8) is 0 Å². The Morgan fingerprint density at radius 1 is 1.35 bits per heavy atom. The summed E-state index contributed by atoms with van der Waals surface area (Å²) in [5, 5.41) is 9.49. The van der Waals surface area contributed by atoms with E-state index in [9.17, 15) is 0 Å². The number of fused-ring (bicyclic) bond motifs is 1. The van der Waals surface area contributed by atoms with E-state index in [1.807, 2.05) is 31.2 Å². The highest BCUT2D eigenvalue weighted by Gasteiger charge is 2.06. The quantitative estimate of drug-likeness (QED) is 0.769. The van der Waals surface area contributed by atoms with Crippen LogP contribution < -0.4 is 5.32 Å². The molecule has 0 atom stereocenters. The van der Waals surface area contributed by atoms with E-state index in [0.717, 1.165) is 27.4 Å². The number of rotatable bonds is 3. The second-order valence-corrected chi connectivity index (χ2v) is 4.58. The maximum absolute atomic E-state index is 5.02. The number of hydrogen-bond acceptors (Lipinski definition) is 5. The summed E-state index contributed by atoms with van der Waals surface area (Å²) in [6.45, 7) is 2.54. The van der Waals surface area contributed by atoms with Gasteiger partial charge in [0.1, 0.15) is 16.5 Å². The molecule has 0 aliphatic carbocycles. The van der Waals surface area contributed by atoms with Gasteiger partial charge >= 0.3 is 0 Å². The molecular weight excluding hydrogens is 234 g/mol. The highest BCUT2D eigenvalue weighted by Crippen LogP contribution is 2.27. The first kappa shape index (κ1) is 10.3. The maximum atomic E-state index is 5.02. The van der Waals surface area contributed by atoms with Crippen molar-refractivity contribution in [1.82, 2.24) is 9.53 Å². The summed E-state index contributed by atoms with van der Waals surface area (Å²) in [5.74, 6) is 0.830. The zero-order chi connectivity index (χ0) is 11.7. The molecule has 3 rings (SSSR count). The van der Waals surface area contributed by atoms with Gasteiger partial charge in [-0.25, -0.2) is 0 Å². The van der Waals surface area contributed by atoms with E-state index in [1.54, 1.807) is 0 Å². The molecule has 5 heteroatoms. The summed E-state index contributed by atoms with van der Waals surface area (Å²) >= 11 is 1.47. The molecule has 0 aliphatic rings. The van der Waals surface area contributed by atoms with Crippen LogP contribution >= 0.6 is 11.5 Å². The smallest absolute Gasteiger partial charge is 0.133 e. The summed E-state index contributed by atoms with van der Waals surface area (Å²) in [5.41, 5.74) is 1.93. The van der Waals surface area contributed by atoms with Crippen molar-refractivity contribution in [1.29, 1.82) is 0 Å². The molecule has 3 aromatic rings. The number of aromatic nitrogens is 2. The van der Waals surface area contributed by atoms with E-state index in [4.69, 9.17) is 4.52 Å². The van der Waals surface area contributed by atoms with Gasteiger partial charge in [0.05, 0.1) is 12.1 Å². The molecule has 0 fully saturated rings. The Bertz CT molecular complexity index is 644. The third kappa shape index (κ3) is 2.01. The zero-order valence-corrected chi connectivity index (χ0v) is 10.1. The van der Waals surface area contributed by atoms with Crippen LogP contribution in [-0.4, -0.2) is 9.53 Å². The minimum atomic E-state index is 0.656. The van der Waals surface area contributed by atoms with Crippen LogP contribution in [0.15, 0.2) is 34.9 Å². The van der Waals surface area contributed by atoms with Crippen LogP contribution in [-0.2, 0) is 6.54 Å². The molecule has 17 heavy (non-hydrogen) atoms. The lowest BCUT2D eigenvalue weighted by Gasteiger charge is -1.99. The average molecular weight is 245 g/mol. The van der Waals surface area contributed by atoms with Gasteiger partial charge in [-0.05, 0) is 30.6 Å². The Morgan fingerprint density at radius 3 is 3.06 bits per heavy atom. The molecule has 0 aliphatic heterocycles. The minimum absolute atomic E-state index is 0.656. The monoisotopic (exact) mass is 245 g/mol. The number of nitrogens with zero attached hydrogens (tertiary/aromatic N) is 2. The Labute approximate surface area is 102 Å². The minimum Gasteiger partial charge on any atom is -0.369 e. The molecule has 86 valence electrons. The molecule has 0 unspecified atom stereocenters. The number of benzene rings is 1. The van der Waals surface area contributed by atoms with Gasteiger partial charge in [0.2, 0.25) is 0 Å². The Hall–Kier alpha value is -1.88. The summed E-state index contributed by atoms with van der Waals surface area (Å²) in [6, 6.07) is 10.0. The van der Waals surface area contributed by atoms with Crippen molar-refractivity contribution >= 4 is 27.4 Å². The highest BCUT2D eigenvalue weighted by molar-refractivity contribution is 7.11. The van der Waals surface area contributed by atoms with Crippen molar-refractivity contribution in [2.75, 3.05) is 5.32 Å². The molecule has 0 spiro atoms. The van der Waals surface area contributed by atoms with Crippen molar-refractivity contribution in [3.8, 4) is 0 Å². The van der Waals surface area contributed by atoms with Crippen molar-refractivity contribution < 1.29 is 4.52 Å². The van der Waals surface area contributed by atoms with Gasteiger partial charge in [-0.2, -0.15) is 4.37 Å². The van der Waals surface area contributed by atoms with Gasteiger partial charge in [0, 0.05) is 11.5 Å². The van der Waals surface area contributed by atoms with Gasteiger partial charge in [0.15, 0.2) is 0 Å². The number of aryl methyl sites for hydroxylation is 1. The molecule has 2 heterocycles. The second kappa shape index (κ2) is 4.18. The molecule has 4 nitrogen and oxygen atoms in total. The van der Waals surface area contributed by atoms with Crippen molar-refractivity contribution in [2.24, 2.45) is 0 Å². The lowest BCUT2D eigenvalue weighted by molar-refractivity contribution is 0.391. The third-order valence-corrected chi connectivity index (χ3v) is 3.33. The molecule has 0 saturated carbocycles. The summed E-state index contributed by atoms with van der Waals surface area (Å²) in [7, 11) is 0. The molecule has 0 bridgehead atoms. The van der Waals surface area contributed by atoms with Gasteiger partial charge in [0.25, 0.3) is 0 Å². The van der Waals surface area contributed by atoms with E-state index in [-0.39, 0.29) is 0 Å². The largest absolute Gasteiger partial charge is 0.369 e. The van der Waals surface area contributed by atoms with E-state index in [2.05, 4.69) is 20.9 Å². The first-order valence-corrected chi connectivity index (χ1v) is 6.11. The lowest BCUT2D eigenvalue weighted by atomic mass is 10.2. The zero-order valence-electron chi connectivity index (χ0n) is 9.30. The van der Waals surface area contributed by atoms with Crippen LogP contribution in [0, 0.1) is 6.92 Å². The van der Waals surface area contributed by atoms with Crippen LogP contribution in [0.3, 0.4) is 0 Å². The average Bonchev–Trinajstić information content (AvgIpc) is 2.93. The molecule has 0 radical (unpaired) electrons. The summed E-state index contributed by atoms with van der Waals surface area (Å²) < 4.78 is 9.39. The van der Waals surface area contributed by atoms with Gasteiger partial charge in [-0.3, -0.25) is 0 Å². The SMILES string of the molecule is Cc1cc(CNc2snc3ccccc23)no1. The summed E-state index contributed by atoms with van der Waals surface area (Å²) in [4.78, 5) is 0. The van der Waals surface area contributed by atoms with Crippen LogP contribution in [0.1, 0.15) is 11.5 Å². The highest BCUT2D eigenvalue weighted by atomic mass is 32.1. The topological polar surface area (TPSA) is 51.0 Å². The Morgan fingerprint density at radius 2 is 2.24 bits per heavy atom. The Kier molecular flexibility index (Phi) is 2.53. The molecule has 1 aromatic carbocycles. The Balaban J connectivity index is 1.81. The van der Waals surface area contributed by atoms with Gasteiger partial charge < -0.3 is 9.84 Å². The number of nitrogens with one attached hydrogen (secondary N) is 1. The van der Waals surface area contributed by atoms with Crippen molar-refractivity contribution in [3.05, 3.63) is 41.8 Å². The van der Waals surface area contributed by atoms with Crippen LogP contribution in [0.5, 0.6) is 0 Å². The molecule has 0 saturated heterocycles. The normalized spacial score (nSPS) is 10.9. The second-order valence-electron chi connectivity index (χ2n) is 3.81.